The van der Waals surface area contributed by atoms with Crippen LogP contribution in [0, 0.1) is 5.82 Å². The molecule has 2 amide bonds. The Labute approximate surface area is 152 Å². The summed E-state index contributed by atoms with van der Waals surface area (Å²) in [6, 6.07) is 19.9. The quantitative estimate of drug-likeness (QED) is 0.700. The number of carbonyl (C=O) groups excluding carboxylic acids is 1. The Morgan fingerprint density at radius 1 is 1.04 bits per heavy atom. The highest BCUT2D eigenvalue weighted by Crippen LogP contribution is 2.18. The van der Waals surface area contributed by atoms with Crippen molar-refractivity contribution in [1.29, 1.82) is 0 Å². The first-order valence-corrected chi connectivity index (χ1v) is 8.44. The van der Waals surface area contributed by atoms with Crippen molar-refractivity contribution in [2.45, 2.75) is 12.6 Å². The average Bonchev–Trinajstić information content (AvgIpc) is 2.67. The number of fused-ring (bicyclic) bond motifs is 1. The first-order chi connectivity index (χ1) is 12.7. The van der Waals surface area contributed by atoms with Crippen LogP contribution in [0.3, 0.4) is 0 Å². The molecular weight excluding hydrogens is 331 g/mol. The maximum absolute atomic E-state index is 13.3. The van der Waals surface area contributed by atoms with Crippen LogP contribution >= 0.6 is 0 Å². The largest absolute Gasteiger partial charge is 0.375 e. The van der Waals surface area contributed by atoms with Crippen molar-refractivity contribution in [3.63, 3.8) is 0 Å². The zero-order valence-electron chi connectivity index (χ0n) is 14.5. The molecule has 26 heavy (non-hydrogen) atoms. The van der Waals surface area contributed by atoms with Gasteiger partial charge in [-0.15, -0.1) is 0 Å². The molecule has 4 nitrogen and oxygen atoms in total. The molecule has 0 aliphatic carbocycles. The maximum atomic E-state index is 13.3. The first kappa shape index (κ1) is 17.9. The van der Waals surface area contributed by atoms with Gasteiger partial charge in [0.1, 0.15) is 5.82 Å². The number of urea groups is 1. The van der Waals surface area contributed by atoms with E-state index in [1.807, 2.05) is 42.5 Å². The van der Waals surface area contributed by atoms with Crippen LogP contribution in [0.2, 0.25) is 0 Å². The number of nitrogens with one attached hydrogen (secondary N) is 2. The van der Waals surface area contributed by atoms with Crippen LogP contribution < -0.4 is 10.6 Å². The highest BCUT2D eigenvalue weighted by molar-refractivity contribution is 5.86. The topological polar surface area (TPSA) is 50.4 Å². The molecule has 0 fully saturated rings. The van der Waals surface area contributed by atoms with Gasteiger partial charge in [-0.05, 0) is 34.0 Å². The lowest BCUT2D eigenvalue weighted by molar-refractivity contribution is 0.103. The van der Waals surface area contributed by atoms with Crippen molar-refractivity contribution in [3.8, 4) is 0 Å². The molecule has 0 aromatic heterocycles. The molecule has 0 heterocycles. The molecule has 0 spiro atoms. The van der Waals surface area contributed by atoms with Gasteiger partial charge in [-0.3, -0.25) is 0 Å². The van der Waals surface area contributed by atoms with Gasteiger partial charge in [-0.2, -0.15) is 0 Å². The molecule has 0 saturated heterocycles. The fourth-order valence-corrected chi connectivity index (χ4v) is 2.91. The Balaban J connectivity index is 1.57. The Hall–Kier alpha value is -2.92. The van der Waals surface area contributed by atoms with E-state index in [9.17, 15) is 9.18 Å². The third-order valence-electron chi connectivity index (χ3n) is 4.27. The van der Waals surface area contributed by atoms with Gasteiger partial charge in [0.2, 0.25) is 0 Å². The Morgan fingerprint density at radius 2 is 1.81 bits per heavy atom. The zero-order valence-corrected chi connectivity index (χ0v) is 14.5. The van der Waals surface area contributed by atoms with E-state index in [1.54, 1.807) is 12.1 Å². The molecule has 0 bridgehead atoms. The number of rotatable bonds is 6. The summed E-state index contributed by atoms with van der Waals surface area (Å²) >= 11 is 0. The van der Waals surface area contributed by atoms with E-state index in [1.165, 1.54) is 19.2 Å². The van der Waals surface area contributed by atoms with Crippen LogP contribution in [0.25, 0.3) is 10.8 Å². The molecule has 134 valence electrons. The lowest BCUT2D eigenvalue weighted by Crippen LogP contribution is -2.37. The fourth-order valence-electron chi connectivity index (χ4n) is 2.91. The van der Waals surface area contributed by atoms with Crippen LogP contribution in [0.1, 0.15) is 17.2 Å². The smallest absolute Gasteiger partial charge is 0.315 e. The van der Waals surface area contributed by atoms with Crippen molar-refractivity contribution < 1.29 is 13.9 Å². The molecule has 3 aromatic rings. The molecule has 0 radical (unpaired) electrons. The Bertz CT molecular complexity index is 893. The Kier molecular flexibility index (Phi) is 5.81. The molecule has 2 N–H and O–H groups in total. The minimum atomic E-state index is -0.408. The summed E-state index contributed by atoms with van der Waals surface area (Å²) in [5.41, 5.74) is 1.73. The van der Waals surface area contributed by atoms with Crippen LogP contribution in [-0.2, 0) is 11.3 Å². The van der Waals surface area contributed by atoms with Crippen LogP contribution in [0.15, 0.2) is 66.7 Å². The minimum Gasteiger partial charge on any atom is -0.375 e. The number of hydrogen-bond acceptors (Lipinski definition) is 2. The number of carbonyl (C=O) groups is 1. The Morgan fingerprint density at radius 3 is 2.62 bits per heavy atom. The van der Waals surface area contributed by atoms with Crippen molar-refractivity contribution in [2.24, 2.45) is 0 Å². The molecule has 1 atom stereocenters. The number of amides is 2. The second-order valence-corrected chi connectivity index (χ2v) is 5.98. The van der Waals surface area contributed by atoms with Crippen LogP contribution in [0.5, 0.6) is 0 Å². The summed E-state index contributed by atoms with van der Waals surface area (Å²) in [5, 5.41) is 7.88. The molecule has 0 aliphatic heterocycles. The number of ether oxygens (including phenoxy) is 1. The van der Waals surface area contributed by atoms with Gasteiger partial charge in [0.15, 0.2) is 0 Å². The molecule has 1 unspecified atom stereocenters. The highest BCUT2D eigenvalue weighted by atomic mass is 19.1. The number of halogens is 1. The van der Waals surface area contributed by atoms with E-state index in [4.69, 9.17) is 4.74 Å². The first-order valence-electron chi connectivity index (χ1n) is 8.44. The number of benzene rings is 3. The third-order valence-corrected chi connectivity index (χ3v) is 4.27. The summed E-state index contributed by atoms with van der Waals surface area (Å²) in [6.07, 6.45) is -0.408. The summed E-state index contributed by atoms with van der Waals surface area (Å²) < 4.78 is 18.7. The standard InChI is InChI=1S/C21H21FN2O2/c1-26-20(16-8-5-10-18(22)12-16)14-24-21(25)23-13-17-9-4-7-15-6-2-3-11-19(15)17/h2-12,20H,13-14H2,1H3,(H2,23,24,25). The SMILES string of the molecule is COC(CNC(=O)NCc1cccc2ccccc12)c1cccc(F)c1. The normalized spacial score (nSPS) is 11.9. The molecule has 3 aromatic carbocycles. The fraction of sp³-hybridized carbons (Fsp3) is 0.190. The molecule has 5 heteroatoms. The highest BCUT2D eigenvalue weighted by Gasteiger charge is 2.13. The van der Waals surface area contributed by atoms with Gasteiger partial charge in [-0.1, -0.05) is 54.6 Å². The molecular formula is C21H21FN2O2. The van der Waals surface area contributed by atoms with E-state index in [0.29, 0.717) is 12.1 Å². The van der Waals surface area contributed by atoms with E-state index in [0.717, 1.165) is 16.3 Å². The molecule has 3 rings (SSSR count). The van der Waals surface area contributed by atoms with Gasteiger partial charge < -0.3 is 15.4 Å². The predicted octanol–water partition coefficient (Wildman–Crippen LogP) is 4.17. The van der Waals surface area contributed by atoms with Crippen molar-refractivity contribution in [3.05, 3.63) is 83.7 Å². The van der Waals surface area contributed by atoms with E-state index in [-0.39, 0.29) is 18.4 Å². The second kappa shape index (κ2) is 8.45. The predicted molar refractivity (Wildman–Crippen MR) is 100 cm³/mol. The van der Waals surface area contributed by atoms with Gasteiger partial charge in [0.05, 0.1) is 6.10 Å². The summed E-state index contributed by atoms with van der Waals surface area (Å²) in [6.45, 7) is 0.673. The molecule has 0 saturated carbocycles. The monoisotopic (exact) mass is 352 g/mol. The second-order valence-electron chi connectivity index (χ2n) is 5.98. The number of hydrogen-bond donors (Lipinski definition) is 2. The summed E-state index contributed by atoms with van der Waals surface area (Å²) in [7, 11) is 1.53. The van der Waals surface area contributed by atoms with Crippen LogP contribution in [0.4, 0.5) is 9.18 Å². The van der Waals surface area contributed by atoms with Crippen LogP contribution in [-0.4, -0.2) is 19.7 Å². The van der Waals surface area contributed by atoms with Crippen molar-refractivity contribution in [1.82, 2.24) is 10.6 Å². The molecule has 0 aliphatic rings. The maximum Gasteiger partial charge on any atom is 0.315 e. The summed E-state index contributed by atoms with van der Waals surface area (Å²) in [5.74, 6) is -0.329. The van der Waals surface area contributed by atoms with E-state index < -0.39 is 6.10 Å². The van der Waals surface area contributed by atoms with E-state index in [2.05, 4.69) is 10.6 Å². The van der Waals surface area contributed by atoms with Gasteiger partial charge >= 0.3 is 6.03 Å². The summed E-state index contributed by atoms with van der Waals surface area (Å²) in [4.78, 5) is 12.1. The third kappa shape index (κ3) is 4.37. The van der Waals surface area contributed by atoms with Gasteiger partial charge in [0, 0.05) is 20.2 Å². The van der Waals surface area contributed by atoms with Crippen molar-refractivity contribution >= 4 is 16.8 Å². The lowest BCUT2D eigenvalue weighted by atomic mass is 10.0. The zero-order chi connectivity index (χ0) is 18.4. The van der Waals surface area contributed by atoms with Crippen molar-refractivity contribution in [2.75, 3.05) is 13.7 Å². The van der Waals surface area contributed by atoms with Gasteiger partial charge in [-0.25, -0.2) is 9.18 Å². The lowest BCUT2D eigenvalue weighted by Gasteiger charge is -2.17. The minimum absolute atomic E-state index is 0.251. The average molecular weight is 352 g/mol. The van der Waals surface area contributed by atoms with E-state index >= 15 is 0 Å². The van der Waals surface area contributed by atoms with Gasteiger partial charge in [0.25, 0.3) is 0 Å². The number of methoxy groups -OCH3 is 1.